The van der Waals surface area contributed by atoms with Gasteiger partial charge in [0.15, 0.2) is 11.6 Å². The van der Waals surface area contributed by atoms with Crippen LogP contribution in [0.4, 0.5) is 0 Å². The van der Waals surface area contributed by atoms with Crippen LogP contribution in [-0.4, -0.2) is 62.6 Å². The zero-order valence-corrected chi connectivity index (χ0v) is 34.7. The third-order valence-corrected chi connectivity index (χ3v) is 11.4. The predicted octanol–water partition coefficient (Wildman–Crippen LogP) is 5.12. The summed E-state index contributed by atoms with van der Waals surface area (Å²) in [5, 5.41) is 16.4. The lowest BCUT2D eigenvalue weighted by Gasteiger charge is -2.35. The van der Waals surface area contributed by atoms with Crippen molar-refractivity contribution in [1.29, 1.82) is 0 Å². The summed E-state index contributed by atoms with van der Waals surface area (Å²) in [7, 11) is 0. The number of fused-ring (bicyclic) bond motifs is 5. The largest absolute Gasteiger partial charge is 0.508 e. The van der Waals surface area contributed by atoms with Crippen LogP contribution in [-0.2, 0) is 69.8 Å². The number of cyclic esters (lactones) is 1. The van der Waals surface area contributed by atoms with Crippen molar-refractivity contribution < 1.29 is 43.3 Å². The normalized spacial score (nSPS) is 16.3. The van der Waals surface area contributed by atoms with E-state index >= 15 is 0 Å². The molecule has 0 radical (unpaired) electrons. The van der Waals surface area contributed by atoms with Crippen molar-refractivity contribution in [3.8, 4) is 17.1 Å². The van der Waals surface area contributed by atoms with Crippen LogP contribution in [0.2, 0.25) is 0 Å². The summed E-state index contributed by atoms with van der Waals surface area (Å²) in [5.74, 6) is -3.87. The fraction of sp³-hybridized carbons (Fsp3) is 0.435. The Hall–Kier alpha value is -6.18. The minimum atomic E-state index is -1.96. The first-order chi connectivity index (χ1) is 28.7. The lowest BCUT2D eigenvalue weighted by molar-refractivity contribution is -0.189. The Morgan fingerprint density at radius 2 is 1.73 bits per heavy atom. The number of benzene rings is 2. The molecule has 0 aliphatic carbocycles. The van der Waals surface area contributed by atoms with Crippen LogP contribution in [0.3, 0.4) is 0 Å². The van der Waals surface area contributed by atoms with E-state index in [4.69, 9.17) is 14.5 Å². The Labute approximate surface area is 348 Å². The number of esters is 2. The van der Waals surface area contributed by atoms with Gasteiger partial charge in [-0.1, -0.05) is 65.0 Å². The number of hydrogen-bond donors (Lipinski definition) is 3. The fourth-order valence-electron chi connectivity index (χ4n) is 8.24. The number of nitrogens with one attached hydrogen (secondary N) is 2. The number of rotatable bonds is 18. The molecule has 0 spiro atoms. The molecule has 0 saturated carbocycles. The van der Waals surface area contributed by atoms with Gasteiger partial charge in [0.25, 0.3) is 5.56 Å². The molecule has 2 aliphatic heterocycles. The lowest BCUT2D eigenvalue weighted by Crippen LogP contribution is -2.47. The Morgan fingerprint density at radius 1 is 0.983 bits per heavy atom. The minimum absolute atomic E-state index is 0.0479. The van der Waals surface area contributed by atoms with Gasteiger partial charge in [0, 0.05) is 41.7 Å². The van der Waals surface area contributed by atoms with Gasteiger partial charge in [0.2, 0.25) is 17.4 Å². The summed E-state index contributed by atoms with van der Waals surface area (Å²) in [5.41, 5.74) is 2.28. The molecule has 2 aromatic carbocycles. The molecular weight excluding hydrogens is 769 g/mol. The number of aromatic nitrogens is 2. The van der Waals surface area contributed by atoms with Crippen LogP contribution in [0.25, 0.3) is 22.3 Å². The van der Waals surface area contributed by atoms with Crippen molar-refractivity contribution >= 4 is 46.2 Å². The maximum Gasteiger partial charge on any atom is 0.355 e. The summed E-state index contributed by atoms with van der Waals surface area (Å²) in [6, 6.07) is 15.0. The highest BCUT2D eigenvalue weighted by Gasteiger charge is 2.50. The van der Waals surface area contributed by atoms with Gasteiger partial charge in [-0.3, -0.25) is 28.8 Å². The number of carbonyl (C=O) groups is 6. The first kappa shape index (κ1) is 43.4. The van der Waals surface area contributed by atoms with E-state index in [0.29, 0.717) is 29.7 Å². The Kier molecular flexibility index (Phi) is 13.3. The van der Waals surface area contributed by atoms with Gasteiger partial charge < -0.3 is 29.8 Å². The second-order valence-corrected chi connectivity index (χ2v) is 15.9. The number of ether oxygens (including phenoxy) is 2. The first-order valence-electron chi connectivity index (χ1n) is 20.7. The second kappa shape index (κ2) is 18.4. The van der Waals surface area contributed by atoms with E-state index in [9.17, 15) is 38.7 Å². The number of aryl methyl sites for hydroxylation is 1. The highest BCUT2D eigenvalue weighted by atomic mass is 16.6. The van der Waals surface area contributed by atoms with Crippen molar-refractivity contribution in [2.45, 2.75) is 111 Å². The molecule has 0 saturated heterocycles. The molecule has 0 bridgehead atoms. The number of nitrogens with zero attached hydrogens (tertiary/aromatic N) is 2. The quantitative estimate of drug-likeness (QED) is 0.0992. The van der Waals surface area contributed by atoms with E-state index in [1.165, 1.54) is 0 Å². The van der Waals surface area contributed by atoms with Gasteiger partial charge in [0.05, 0.1) is 48.0 Å². The molecule has 316 valence electrons. The topological polar surface area (TPSA) is 200 Å². The molecule has 0 fully saturated rings. The zero-order valence-electron chi connectivity index (χ0n) is 34.7. The second-order valence-electron chi connectivity index (χ2n) is 15.9. The van der Waals surface area contributed by atoms with E-state index in [-0.39, 0.29) is 79.7 Å². The van der Waals surface area contributed by atoms with Crippen molar-refractivity contribution in [2.75, 3.05) is 6.54 Å². The average Bonchev–Trinajstić information content (AvgIpc) is 3.60. The van der Waals surface area contributed by atoms with E-state index in [0.717, 1.165) is 22.1 Å². The molecule has 4 heterocycles. The highest BCUT2D eigenvalue weighted by molar-refractivity contribution is 5.95. The van der Waals surface area contributed by atoms with Crippen LogP contribution < -0.4 is 16.2 Å². The van der Waals surface area contributed by atoms with Crippen LogP contribution in [0.1, 0.15) is 101 Å². The summed E-state index contributed by atoms with van der Waals surface area (Å²) in [6.07, 6.45) is 0.512. The molecular formula is C46H52N4O10. The predicted molar refractivity (Wildman–Crippen MR) is 222 cm³/mol. The number of Topliss-reactive ketones (excluding diaryl/α,β-unsaturated/α-hetero) is 2. The molecule has 14 nitrogen and oxygen atoms in total. The van der Waals surface area contributed by atoms with Gasteiger partial charge >= 0.3 is 11.9 Å². The van der Waals surface area contributed by atoms with Crippen LogP contribution >= 0.6 is 0 Å². The Balaban J connectivity index is 1.13. The maximum atomic E-state index is 14.0. The van der Waals surface area contributed by atoms with Gasteiger partial charge in [-0.2, -0.15) is 0 Å². The van der Waals surface area contributed by atoms with E-state index in [2.05, 4.69) is 10.6 Å². The number of pyridine rings is 2. The van der Waals surface area contributed by atoms with Crippen molar-refractivity contribution in [1.82, 2.24) is 20.2 Å². The van der Waals surface area contributed by atoms with E-state index in [1.807, 2.05) is 51.1 Å². The molecule has 2 aromatic heterocycles. The molecule has 6 rings (SSSR count). The monoisotopic (exact) mass is 820 g/mol. The number of ketones is 2. The Morgan fingerprint density at radius 3 is 2.42 bits per heavy atom. The molecule has 60 heavy (non-hydrogen) atoms. The van der Waals surface area contributed by atoms with Gasteiger partial charge in [0.1, 0.15) is 12.4 Å². The molecule has 2 amide bonds. The molecule has 0 unspecified atom stereocenters. The van der Waals surface area contributed by atoms with Gasteiger partial charge in [-0.25, -0.2) is 9.78 Å². The van der Waals surface area contributed by atoms with E-state index in [1.54, 1.807) is 42.7 Å². The third-order valence-electron chi connectivity index (χ3n) is 11.4. The van der Waals surface area contributed by atoms with Crippen molar-refractivity contribution in [3.05, 3.63) is 92.8 Å². The van der Waals surface area contributed by atoms with Gasteiger partial charge in [-0.05, 0) is 67.0 Å². The number of aromatic hydroxyl groups is 1. The SMILES string of the molecule is CCC(=O)N[C@@H](Cc1ccccc1)C(=O)C[C@@H](CC(C)C)C(=O)NCC(=O)CCC(=O)O[C@]1(CC)C(=O)OCc2c1cc1n(c2=O)Cc2c-1nc1ccc(O)cc1c2CC. The maximum absolute atomic E-state index is 14.0. The lowest BCUT2D eigenvalue weighted by atomic mass is 9.85. The fourth-order valence-corrected chi connectivity index (χ4v) is 8.24. The summed E-state index contributed by atoms with van der Waals surface area (Å²) in [6.45, 7) is 8.66. The zero-order chi connectivity index (χ0) is 43.3. The van der Waals surface area contributed by atoms with E-state index < -0.39 is 59.7 Å². The number of hydrogen-bond acceptors (Lipinski definition) is 11. The number of phenolic OH excluding ortho intramolecular Hbond substituents is 1. The number of phenols is 1. The number of amides is 2. The minimum Gasteiger partial charge on any atom is -0.508 e. The average molecular weight is 821 g/mol. The highest BCUT2D eigenvalue weighted by Crippen LogP contribution is 2.42. The standard InChI is InChI=1S/C46H52N4O10/c1-6-31-32-21-29(51)14-16-36(32)49-42-33(31)24-50-38(42)22-35-34(44(50)57)25-59-45(58)46(35,8-3)60-41(55)17-15-30(52)23-47-43(56)28(18-26(4)5)20-39(53)37(48-40(54)7-2)19-27-12-10-9-11-13-27/h9-14,16,21-22,26,28,37,51H,6-8,15,17-20,23-25H2,1-5H3,(H,47,56)(H,48,54)/t28-,37+,46+/m1/s1. The summed E-state index contributed by atoms with van der Waals surface area (Å²) >= 11 is 0. The smallest absolute Gasteiger partial charge is 0.355 e. The van der Waals surface area contributed by atoms with Crippen LogP contribution in [0.15, 0.2) is 59.4 Å². The first-order valence-corrected chi connectivity index (χ1v) is 20.7. The molecule has 2 aliphatic rings. The molecule has 14 heteroatoms. The third kappa shape index (κ3) is 9.02. The van der Waals surface area contributed by atoms with Crippen LogP contribution in [0.5, 0.6) is 5.75 Å². The summed E-state index contributed by atoms with van der Waals surface area (Å²) < 4.78 is 12.9. The van der Waals surface area contributed by atoms with Gasteiger partial charge in [-0.15, -0.1) is 0 Å². The summed E-state index contributed by atoms with van der Waals surface area (Å²) in [4.78, 5) is 98.2. The molecule has 3 atom stereocenters. The van der Waals surface area contributed by atoms with Crippen molar-refractivity contribution in [3.63, 3.8) is 0 Å². The molecule has 4 aromatic rings. The number of carbonyl (C=O) groups excluding carboxylic acids is 6. The Bertz CT molecular complexity index is 2410. The van der Waals surface area contributed by atoms with Crippen LogP contribution in [0, 0.1) is 11.8 Å². The van der Waals surface area contributed by atoms with Crippen molar-refractivity contribution in [2.24, 2.45) is 11.8 Å². The molecule has 3 N–H and O–H groups in total.